The molecule has 1 heterocycles. The number of benzene rings is 1. The third-order valence-electron chi connectivity index (χ3n) is 5.77. The minimum absolute atomic E-state index is 0.0400. The van der Waals surface area contributed by atoms with Crippen LogP contribution >= 0.6 is 11.6 Å². The van der Waals surface area contributed by atoms with Crippen molar-refractivity contribution < 1.29 is 18.0 Å². The summed E-state index contributed by atoms with van der Waals surface area (Å²) in [7, 11) is 2.10. The summed E-state index contributed by atoms with van der Waals surface area (Å²) < 4.78 is 39.7. The highest BCUT2D eigenvalue weighted by molar-refractivity contribution is 6.28. The molecule has 0 saturated carbocycles. The molecule has 0 bridgehead atoms. The normalized spacial score (nSPS) is 10.5. The second kappa shape index (κ2) is 30.5. The minimum Gasteiger partial charge on any atom is -0.378 e. The number of aliphatic imine (C=N–C) groups is 1. The molecule has 2 rings (SSSR count). The summed E-state index contributed by atoms with van der Waals surface area (Å²) in [6, 6.07) is 3.97. The van der Waals surface area contributed by atoms with Crippen LogP contribution in [-0.4, -0.2) is 41.0 Å². The fourth-order valence-corrected chi connectivity index (χ4v) is 3.79. The summed E-state index contributed by atoms with van der Waals surface area (Å²) in [5.41, 5.74) is 3.78. The largest absolute Gasteiger partial charge is 0.378 e. The number of aryl methyl sites for hydroxylation is 1. The first-order valence-corrected chi connectivity index (χ1v) is 16.5. The fourth-order valence-electron chi connectivity index (χ4n) is 3.61. The number of aldehydes is 1. The van der Waals surface area contributed by atoms with Gasteiger partial charge in [-0.1, -0.05) is 92.5 Å². The van der Waals surface area contributed by atoms with E-state index in [9.17, 15) is 13.2 Å². The van der Waals surface area contributed by atoms with E-state index < -0.39 is 17.8 Å². The van der Waals surface area contributed by atoms with Gasteiger partial charge < -0.3 is 15.0 Å². The first kappa shape index (κ1) is 47.2. The molecule has 1 N–H and O–H groups in total. The van der Waals surface area contributed by atoms with E-state index in [2.05, 4.69) is 87.3 Å². The number of allylic oxidation sites excluding steroid dienone is 2. The van der Waals surface area contributed by atoms with E-state index in [-0.39, 0.29) is 17.4 Å². The van der Waals surface area contributed by atoms with Crippen molar-refractivity contribution in [3.63, 3.8) is 0 Å². The van der Waals surface area contributed by atoms with Gasteiger partial charge in [-0.25, -0.2) is 23.1 Å². The van der Waals surface area contributed by atoms with E-state index in [1.807, 2.05) is 20.1 Å². The van der Waals surface area contributed by atoms with Gasteiger partial charge in [-0.3, -0.25) is 4.99 Å². The lowest BCUT2D eigenvalue weighted by molar-refractivity contribution is -0.106. The Balaban J connectivity index is -0.000000705. The highest BCUT2D eigenvalue weighted by atomic mass is 35.5. The average Bonchev–Trinajstić information content (AvgIpc) is 3.00. The number of rotatable bonds is 12. The van der Waals surface area contributed by atoms with Crippen LogP contribution in [0.4, 0.5) is 19.0 Å². The molecule has 1 aromatic carbocycles. The third kappa shape index (κ3) is 20.8. The summed E-state index contributed by atoms with van der Waals surface area (Å²) >= 11 is 5.96. The second-order valence-electron chi connectivity index (χ2n) is 10.1. The lowest BCUT2D eigenvalue weighted by atomic mass is 10.1. The van der Waals surface area contributed by atoms with Crippen LogP contribution < -0.4 is 5.32 Å². The molecule has 0 aliphatic rings. The highest BCUT2D eigenvalue weighted by Gasteiger charge is 2.17. The Morgan fingerprint density at radius 3 is 2.09 bits per heavy atom. The fraction of sp³-hybridized carbons (Fsp3) is 0.556. The van der Waals surface area contributed by atoms with Crippen LogP contribution in [0.5, 0.6) is 0 Å². The van der Waals surface area contributed by atoms with Crippen molar-refractivity contribution in [2.75, 3.05) is 18.9 Å². The molecule has 0 aliphatic carbocycles. The number of halogens is 4. The molecule has 0 unspecified atom stereocenters. The Morgan fingerprint density at radius 2 is 1.63 bits per heavy atom. The van der Waals surface area contributed by atoms with E-state index in [4.69, 9.17) is 16.4 Å². The molecule has 0 saturated heterocycles. The molecule has 0 amide bonds. The van der Waals surface area contributed by atoms with Gasteiger partial charge in [0.15, 0.2) is 0 Å². The second-order valence-corrected chi connectivity index (χ2v) is 10.5. The third-order valence-corrected chi connectivity index (χ3v) is 5.94. The molecule has 0 spiro atoms. The Hall–Kier alpha value is -3.20. The number of hydrogen-bond acceptors (Lipinski definition) is 6. The van der Waals surface area contributed by atoms with E-state index in [0.29, 0.717) is 12.2 Å². The summed E-state index contributed by atoms with van der Waals surface area (Å²) in [5.74, 6) is -0.380. The molecule has 0 aliphatic heterocycles. The zero-order chi connectivity index (χ0) is 36.1. The van der Waals surface area contributed by atoms with Crippen molar-refractivity contribution in [1.29, 1.82) is 0 Å². The van der Waals surface area contributed by atoms with E-state index >= 15 is 0 Å². The number of alkyl halides is 2. The van der Waals surface area contributed by atoms with Crippen LogP contribution in [0.3, 0.4) is 0 Å². The van der Waals surface area contributed by atoms with Gasteiger partial charge in [-0.15, -0.1) is 0 Å². The molecule has 10 heteroatoms. The first-order valence-electron chi connectivity index (χ1n) is 16.1. The first-order chi connectivity index (χ1) is 21.8. The van der Waals surface area contributed by atoms with Crippen LogP contribution in [0, 0.1) is 5.82 Å². The summed E-state index contributed by atoms with van der Waals surface area (Å²) in [5, 5.41) is 3.12. The summed E-state index contributed by atoms with van der Waals surface area (Å²) in [6.07, 6.45) is 7.32. The van der Waals surface area contributed by atoms with Crippen LogP contribution in [0.25, 0.3) is 0 Å². The number of carbonyl (C=O) groups is 1. The lowest BCUT2D eigenvalue weighted by Crippen LogP contribution is -2.18. The molecule has 6 nitrogen and oxygen atoms in total. The molecule has 1 aromatic heterocycles. The smallest absolute Gasteiger partial charge is 0.266 e. The van der Waals surface area contributed by atoms with E-state index in [1.54, 1.807) is 6.20 Å². The predicted octanol–water partition coefficient (Wildman–Crippen LogP) is 11.2. The van der Waals surface area contributed by atoms with E-state index in [1.165, 1.54) is 49.6 Å². The molecule has 0 atom stereocenters. The van der Waals surface area contributed by atoms with Gasteiger partial charge in [0, 0.05) is 49.4 Å². The number of aromatic nitrogens is 2. The minimum atomic E-state index is -2.85. The van der Waals surface area contributed by atoms with Gasteiger partial charge in [0.2, 0.25) is 5.28 Å². The van der Waals surface area contributed by atoms with Gasteiger partial charge >= 0.3 is 0 Å². The molecular formula is C36H59ClF3N5O. The monoisotopic (exact) mass is 669 g/mol. The van der Waals surface area contributed by atoms with Gasteiger partial charge in [0.05, 0.1) is 11.3 Å². The SMILES string of the molecule is C=CN=C/C(C)=C(\C)N(C)CCC.CC=O.CCC.CCC.CCCc1nc(Cl)nc(NCc2cccc(C(F)F)c2F)c1CC. The van der Waals surface area contributed by atoms with Gasteiger partial charge in [-0.2, -0.15) is 0 Å². The van der Waals surface area contributed by atoms with Crippen LogP contribution in [-0.2, 0) is 24.2 Å². The molecule has 2 aromatic rings. The number of carbonyl (C=O) groups excluding carboxylic acids is 1. The maximum absolute atomic E-state index is 14.1. The topological polar surface area (TPSA) is 70.5 Å². The summed E-state index contributed by atoms with van der Waals surface area (Å²) in [6.45, 7) is 25.0. The van der Waals surface area contributed by atoms with Crippen LogP contribution in [0.2, 0.25) is 5.28 Å². The molecule has 262 valence electrons. The maximum atomic E-state index is 14.1. The standard InChI is InChI=1S/C17H19ClF3N3.C11H20N2.2C3H8.C2H4O/c1-3-6-13-11(4-2)16(24-17(18)23-13)22-9-10-7-5-8-12(14(10)19)15(20)21;1-6-8-13(5)11(4)10(3)9-12-7-2;2*1-3-2;1-2-3/h5,7-8,15H,3-4,6,9H2,1-2H3,(H,22,23,24);7,9H,2,6,8H2,1,3-5H3;2*3H2,1-2H3;2H,1H3/b;11-10+,12-9?;;;. The average molecular weight is 670 g/mol. The van der Waals surface area contributed by atoms with E-state index in [0.717, 1.165) is 43.0 Å². The van der Waals surface area contributed by atoms with Crippen molar-refractivity contribution in [2.24, 2.45) is 4.99 Å². The number of nitrogens with one attached hydrogen (secondary N) is 1. The number of anilines is 1. The van der Waals surface area contributed by atoms with Gasteiger partial charge in [0.25, 0.3) is 6.43 Å². The Morgan fingerprint density at radius 1 is 1.07 bits per heavy atom. The van der Waals surface area contributed by atoms with Crippen molar-refractivity contribution in [2.45, 2.75) is 121 Å². The lowest BCUT2D eigenvalue weighted by Gasteiger charge is -2.20. The maximum Gasteiger partial charge on any atom is 0.266 e. The molecule has 46 heavy (non-hydrogen) atoms. The number of nitrogens with zero attached hydrogens (tertiary/aromatic N) is 4. The molecule has 0 fully saturated rings. The Labute approximate surface area is 282 Å². The molecule has 0 radical (unpaired) electrons. The zero-order valence-electron chi connectivity index (χ0n) is 30.1. The predicted molar refractivity (Wildman–Crippen MR) is 193 cm³/mol. The van der Waals surface area contributed by atoms with Crippen LogP contribution in [0.15, 0.2) is 47.2 Å². The molecular weight excluding hydrogens is 611 g/mol. The van der Waals surface area contributed by atoms with Crippen molar-refractivity contribution in [3.8, 4) is 0 Å². The number of hydrogen-bond donors (Lipinski definition) is 1. The van der Waals surface area contributed by atoms with Crippen molar-refractivity contribution in [1.82, 2.24) is 14.9 Å². The zero-order valence-corrected chi connectivity index (χ0v) is 30.9. The Kier molecular flexibility index (Phi) is 31.3. The van der Waals surface area contributed by atoms with Crippen LogP contribution in [0.1, 0.15) is 124 Å². The van der Waals surface area contributed by atoms with Crippen molar-refractivity contribution >= 4 is 29.9 Å². The quantitative estimate of drug-likeness (QED) is 0.138. The Bertz CT molecular complexity index is 1150. The van der Waals surface area contributed by atoms with Gasteiger partial charge in [0.1, 0.15) is 17.9 Å². The summed E-state index contributed by atoms with van der Waals surface area (Å²) in [4.78, 5) is 23.4. The highest BCUT2D eigenvalue weighted by Crippen LogP contribution is 2.26. The van der Waals surface area contributed by atoms with Crippen molar-refractivity contribution in [3.05, 3.63) is 75.7 Å². The van der Waals surface area contributed by atoms with Gasteiger partial charge in [-0.05, 0) is 57.2 Å².